The molecule has 0 saturated heterocycles. The highest BCUT2D eigenvalue weighted by Crippen LogP contribution is 2.25. The monoisotopic (exact) mass is 353 g/mol. The molecule has 0 saturated carbocycles. The van der Waals surface area contributed by atoms with Gasteiger partial charge in [0.05, 0.1) is 6.61 Å². The van der Waals surface area contributed by atoms with Gasteiger partial charge in [-0.3, -0.25) is 0 Å². The van der Waals surface area contributed by atoms with Crippen LogP contribution in [-0.4, -0.2) is 27.1 Å². The van der Waals surface area contributed by atoms with Crippen molar-refractivity contribution < 1.29 is 4.74 Å². The van der Waals surface area contributed by atoms with E-state index in [-0.39, 0.29) is 0 Å². The van der Waals surface area contributed by atoms with Gasteiger partial charge >= 0.3 is 0 Å². The number of para-hydroxylation sites is 1. The van der Waals surface area contributed by atoms with Crippen LogP contribution in [0.3, 0.4) is 0 Å². The zero-order chi connectivity index (χ0) is 17.5. The molecule has 0 radical (unpaired) electrons. The van der Waals surface area contributed by atoms with Crippen molar-refractivity contribution in [2.45, 2.75) is 25.5 Å². The van der Waals surface area contributed by atoms with Crippen LogP contribution in [0.1, 0.15) is 13.8 Å². The van der Waals surface area contributed by atoms with Gasteiger partial charge < -0.3 is 9.30 Å². The fourth-order valence-corrected chi connectivity index (χ4v) is 3.30. The zero-order valence-corrected chi connectivity index (χ0v) is 15.4. The molecule has 0 aliphatic heterocycles. The quantitative estimate of drug-likeness (QED) is 0.432. The van der Waals surface area contributed by atoms with Crippen molar-refractivity contribution in [1.29, 1.82) is 0 Å². The van der Waals surface area contributed by atoms with Crippen LogP contribution in [-0.2, 0) is 6.54 Å². The molecule has 0 spiro atoms. The number of thioether (sulfide) groups is 1. The largest absolute Gasteiger partial charge is 0.493 e. The van der Waals surface area contributed by atoms with Gasteiger partial charge in [0.2, 0.25) is 0 Å². The van der Waals surface area contributed by atoms with E-state index in [1.807, 2.05) is 48.5 Å². The molecule has 1 aromatic heterocycles. The van der Waals surface area contributed by atoms with E-state index in [1.54, 1.807) is 11.8 Å². The number of aromatic nitrogens is 3. The van der Waals surface area contributed by atoms with Crippen LogP contribution >= 0.6 is 11.8 Å². The number of rotatable bonds is 8. The third-order valence-electron chi connectivity index (χ3n) is 3.62. The molecule has 0 atom stereocenters. The Morgan fingerprint density at radius 3 is 2.32 bits per heavy atom. The summed E-state index contributed by atoms with van der Waals surface area (Å²) in [5, 5.41) is 9.79. The fraction of sp³-hybridized carbons (Fsp3) is 0.300. The van der Waals surface area contributed by atoms with Gasteiger partial charge in [-0.25, -0.2) is 0 Å². The first-order valence-electron chi connectivity index (χ1n) is 8.53. The number of nitrogens with zero attached hydrogens (tertiary/aromatic N) is 3. The number of hydrogen-bond donors (Lipinski definition) is 0. The second-order valence-corrected chi connectivity index (χ2v) is 7.25. The van der Waals surface area contributed by atoms with E-state index in [9.17, 15) is 0 Å². The molecular formula is C20H23N3OS. The summed E-state index contributed by atoms with van der Waals surface area (Å²) >= 11 is 1.69. The molecule has 3 rings (SSSR count). The highest BCUT2D eigenvalue weighted by atomic mass is 32.2. The van der Waals surface area contributed by atoms with E-state index in [1.165, 1.54) is 0 Å². The highest BCUT2D eigenvalue weighted by molar-refractivity contribution is 7.99. The molecule has 4 nitrogen and oxygen atoms in total. The van der Waals surface area contributed by atoms with Crippen molar-refractivity contribution in [3.8, 4) is 17.1 Å². The van der Waals surface area contributed by atoms with Crippen LogP contribution in [0.5, 0.6) is 5.75 Å². The molecule has 3 aromatic rings. The highest BCUT2D eigenvalue weighted by Gasteiger charge is 2.15. The number of hydrogen-bond acceptors (Lipinski definition) is 4. The average molecular weight is 353 g/mol. The molecule has 0 fully saturated rings. The van der Waals surface area contributed by atoms with Gasteiger partial charge in [-0.1, -0.05) is 74.1 Å². The normalized spacial score (nSPS) is 11.0. The molecule has 0 bridgehead atoms. The topological polar surface area (TPSA) is 39.9 Å². The Kier molecular flexibility index (Phi) is 6.12. The van der Waals surface area contributed by atoms with Crippen LogP contribution < -0.4 is 4.74 Å². The first-order valence-corrected chi connectivity index (χ1v) is 9.52. The van der Waals surface area contributed by atoms with Gasteiger partial charge in [0.25, 0.3) is 0 Å². The molecule has 0 unspecified atom stereocenters. The van der Waals surface area contributed by atoms with E-state index in [4.69, 9.17) is 4.74 Å². The van der Waals surface area contributed by atoms with E-state index in [2.05, 4.69) is 40.7 Å². The zero-order valence-electron chi connectivity index (χ0n) is 14.6. The average Bonchev–Trinajstić information content (AvgIpc) is 3.02. The fourth-order valence-electron chi connectivity index (χ4n) is 2.54. The predicted octanol–water partition coefficient (Wildman–Crippen LogP) is 4.77. The van der Waals surface area contributed by atoms with E-state index >= 15 is 0 Å². The summed E-state index contributed by atoms with van der Waals surface area (Å²) in [6.07, 6.45) is 0. The molecule has 2 aromatic carbocycles. The standard InChI is InChI=1S/C20H23N3OS/c1-16(2)15-23-19(17-9-5-3-6-10-17)21-22-20(23)25-14-13-24-18-11-7-4-8-12-18/h3-12,16H,13-15H2,1-2H3. The Labute approximate surface area is 153 Å². The van der Waals surface area contributed by atoms with Crippen molar-refractivity contribution in [1.82, 2.24) is 14.8 Å². The Bertz CT molecular complexity index is 772. The molecular weight excluding hydrogens is 330 g/mol. The maximum absolute atomic E-state index is 5.76. The molecule has 5 heteroatoms. The summed E-state index contributed by atoms with van der Waals surface area (Å²) in [5.74, 6) is 3.19. The third-order valence-corrected chi connectivity index (χ3v) is 4.55. The SMILES string of the molecule is CC(C)Cn1c(SCCOc2ccccc2)nnc1-c1ccccc1. The summed E-state index contributed by atoms with van der Waals surface area (Å²) < 4.78 is 7.98. The Morgan fingerprint density at radius 1 is 0.960 bits per heavy atom. The lowest BCUT2D eigenvalue weighted by molar-refractivity contribution is 0.343. The maximum Gasteiger partial charge on any atom is 0.191 e. The first kappa shape index (κ1) is 17.5. The minimum atomic E-state index is 0.526. The second-order valence-electron chi connectivity index (χ2n) is 6.19. The number of ether oxygens (including phenoxy) is 1. The Morgan fingerprint density at radius 2 is 1.64 bits per heavy atom. The Hall–Kier alpha value is -2.27. The van der Waals surface area contributed by atoms with E-state index in [0.29, 0.717) is 12.5 Å². The molecule has 0 aliphatic carbocycles. The van der Waals surface area contributed by atoms with Crippen LogP contribution in [0.25, 0.3) is 11.4 Å². The molecule has 0 aliphatic rings. The lowest BCUT2D eigenvalue weighted by Crippen LogP contribution is -2.09. The van der Waals surface area contributed by atoms with Gasteiger partial charge in [0, 0.05) is 17.9 Å². The lowest BCUT2D eigenvalue weighted by Gasteiger charge is -2.12. The maximum atomic E-state index is 5.76. The van der Waals surface area contributed by atoms with Crippen LogP contribution in [0, 0.1) is 5.92 Å². The van der Waals surface area contributed by atoms with Crippen molar-refractivity contribution in [3.05, 3.63) is 60.7 Å². The van der Waals surface area contributed by atoms with E-state index in [0.717, 1.165) is 34.6 Å². The number of benzene rings is 2. The lowest BCUT2D eigenvalue weighted by atomic mass is 10.2. The first-order chi connectivity index (χ1) is 12.2. The summed E-state index contributed by atoms with van der Waals surface area (Å²) in [7, 11) is 0. The van der Waals surface area contributed by atoms with Gasteiger partial charge in [0.15, 0.2) is 11.0 Å². The minimum absolute atomic E-state index is 0.526. The van der Waals surface area contributed by atoms with Crippen LogP contribution in [0.2, 0.25) is 0 Å². The molecule has 130 valence electrons. The summed E-state index contributed by atoms with van der Waals surface area (Å²) in [4.78, 5) is 0. The summed E-state index contributed by atoms with van der Waals surface area (Å²) in [6, 6.07) is 20.1. The van der Waals surface area contributed by atoms with Crippen LogP contribution in [0.4, 0.5) is 0 Å². The molecule has 0 amide bonds. The third kappa shape index (κ3) is 4.86. The smallest absolute Gasteiger partial charge is 0.191 e. The second kappa shape index (κ2) is 8.72. The van der Waals surface area contributed by atoms with Gasteiger partial charge in [0.1, 0.15) is 5.75 Å². The van der Waals surface area contributed by atoms with Crippen LogP contribution in [0.15, 0.2) is 65.8 Å². The van der Waals surface area contributed by atoms with E-state index < -0.39 is 0 Å². The summed E-state index contributed by atoms with van der Waals surface area (Å²) in [5.41, 5.74) is 1.10. The summed E-state index contributed by atoms with van der Waals surface area (Å²) in [6.45, 7) is 5.96. The van der Waals surface area contributed by atoms with Gasteiger partial charge in [-0.2, -0.15) is 0 Å². The Balaban J connectivity index is 1.67. The van der Waals surface area contributed by atoms with Crippen molar-refractivity contribution in [2.24, 2.45) is 5.92 Å². The molecule has 25 heavy (non-hydrogen) atoms. The molecule has 0 N–H and O–H groups in total. The molecule has 1 heterocycles. The van der Waals surface area contributed by atoms with Crippen molar-refractivity contribution in [2.75, 3.05) is 12.4 Å². The van der Waals surface area contributed by atoms with Crippen molar-refractivity contribution >= 4 is 11.8 Å². The van der Waals surface area contributed by atoms with Gasteiger partial charge in [-0.15, -0.1) is 10.2 Å². The van der Waals surface area contributed by atoms with Gasteiger partial charge in [-0.05, 0) is 18.1 Å². The predicted molar refractivity (Wildman–Crippen MR) is 103 cm³/mol. The van der Waals surface area contributed by atoms with Crippen molar-refractivity contribution in [3.63, 3.8) is 0 Å². The minimum Gasteiger partial charge on any atom is -0.493 e.